The Morgan fingerprint density at radius 3 is 3.00 bits per heavy atom. The van der Waals surface area contributed by atoms with Gasteiger partial charge < -0.3 is 0 Å². The zero-order chi connectivity index (χ0) is 10.1. The molecule has 0 spiro atoms. The molecule has 0 aromatic heterocycles. The molecule has 0 bridgehead atoms. The van der Waals surface area contributed by atoms with Crippen LogP contribution in [0.15, 0.2) is 23.2 Å². The van der Waals surface area contributed by atoms with Crippen molar-refractivity contribution < 1.29 is 4.79 Å². The molecule has 1 aromatic carbocycles. The van der Waals surface area contributed by atoms with E-state index in [0.717, 1.165) is 17.0 Å². The number of rotatable bonds is 2. The molecule has 2 rings (SSSR count). The molecule has 1 fully saturated rings. The lowest BCUT2D eigenvalue weighted by molar-refractivity contribution is 0.562. The van der Waals surface area contributed by atoms with E-state index in [1.165, 1.54) is 5.56 Å². The lowest BCUT2D eigenvalue weighted by Gasteiger charge is -2.01. The van der Waals surface area contributed by atoms with Crippen LogP contribution in [-0.2, 0) is 4.79 Å². The highest BCUT2D eigenvalue weighted by atomic mass is 35.5. The molecule has 72 valence electrons. The second kappa shape index (κ2) is 3.56. The molecular formula is C11H10ClNO. The number of halogens is 1. The third kappa shape index (κ3) is 1.72. The molecule has 0 radical (unpaired) electrons. The summed E-state index contributed by atoms with van der Waals surface area (Å²) in [6.07, 6.45) is 2.56. The lowest BCUT2D eigenvalue weighted by atomic mass is 10.1. The van der Waals surface area contributed by atoms with Gasteiger partial charge in [-0.25, -0.2) is 9.79 Å². The van der Waals surface area contributed by atoms with Crippen molar-refractivity contribution in [2.24, 2.45) is 4.99 Å². The van der Waals surface area contributed by atoms with Crippen molar-refractivity contribution in [2.75, 3.05) is 0 Å². The van der Waals surface area contributed by atoms with E-state index in [-0.39, 0.29) is 6.04 Å². The van der Waals surface area contributed by atoms with Gasteiger partial charge in [-0.3, -0.25) is 0 Å². The normalized spacial score (nSPS) is 24.1. The van der Waals surface area contributed by atoms with Crippen molar-refractivity contribution in [3.05, 3.63) is 34.3 Å². The Kier molecular flexibility index (Phi) is 2.40. The predicted octanol–water partition coefficient (Wildman–Crippen LogP) is 2.84. The monoisotopic (exact) mass is 207 g/mol. The summed E-state index contributed by atoms with van der Waals surface area (Å²) in [6.45, 7) is 1.98. The molecule has 0 saturated heterocycles. The first-order valence-electron chi connectivity index (χ1n) is 4.55. The molecule has 2 atom stereocenters. The number of nitrogens with zero attached hydrogens (tertiary/aromatic N) is 1. The van der Waals surface area contributed by atoms with Gasteiger partial charge in [0.25, 0.3) is 0 Å². The molecule has 1 saturated carbocycles. The summed E-state index contributed by atoms with van der Waals surface area (Å²) in [5, 5.41) is 0.782. The highest BCUT2D eigenvalue weighted by Crippen LogP contribution is 2.43. The third-order valence-corrected chi connectivity index (χ3v) is 3.01. The molecule has 0 unspecified atom stereocenters. The van der Waals surface area contributed by atoms with Crippen LogP contribution in [0.4, 0.5) is 0 Å². The molecule has 1 aromatic rings. The van der Waals surface area contributed by atoms with Gasteiger partial charge in [-0.05, 0) is 30.5 Å². The van der Waals surface area contributed by atoms with E-state index in [9.17, 15) is 4.79 Å². The van der Waals surface area contributed by atoms with Gasteiger partial charge in [0.15, 0.2) is 0 Å². The average Bonchev–Trinajstić information content (AvgIpc) is 2.90. The van der Waals surface area contributed by atoms with Gasteiger partial charge in [0.2, 0.25) is 6.08 Å². The zero-order valence-electron chi connectivity index (χ0n) is 7.83. The van der Waals surface area contributed by atoms with Crippen LogP contribution < -0.4 is 0 Å². The van der Waals surface area contributed by atoms with Crippen LogP contribution in [0.2, 0.25) is 5.02 Å². The maximum Gasteiger partial charge on any atom is 0.235 e. The summed E-state index contributed by atoms with van der Waals surface area (Å²) < 4.78 is 0. The fraction of sp³-hybridized carbons (Fsp3) is 0.364. The maximum atomic E-state index is 10.0. The number of hydrogen-bond donors (Lipinski definition) is 0. The van der Waals surface area contributed by atoms with E-state index in [0.29, 0.717) is 5.92 Å². The minimum atomic E-state index is 0.146. The van der Waals surface area contributed by atoms with E-state index in [1.54, 1.807) is 6.08 Å². The highest BCUT2D eigenvalue weighted by molar-refractivity contribution is 6.31. The number of benzene rings is 1. The number of isocyanates is 1. The first-order chi connectivity index (χ1) is 6.72. The molecule has 1 aliphatic carbocycles. The van der Waals surface area contributed by atoms with E-state index in [2.05, 4.69) is 11.1 Å². The van der Waals surface area contributed by atoms with Crippen molar-refractivity contribution in [3.63, 3.8) is 0 Å². The van der Waals surface area contributed by atoms with Crippen molar-refractivity contribution >= 4 is 17.7 Å². The fourth-order valence-electron chi connectivity index (χ4n) is 1.65. The predicted molar refractivity (Wildman–Crippen MR) is 55.5 cm³/mol. The first kappa shape index (κ1) is 9.45. The second-order valence-electron chi connectivity index (χ2n) is 3.64. The summed E-state index contributed by atoms with van der Waals surface area (Å²) in [7, 11) is 0. The van der Waals surface area contributed by atoms with Gasteiger partial charge in [0, 0.05) is 10.9 Å². The van der Waals surface area contributed by atoms with E-state index in [1.807, 2.05) is 19.1 Å². The van der Waals surface area contributed by atoms with E-state index in [4.69, 9.17) is 11.6 Å². The molecule has 14 heavy (non-hydrogen) atoms. The Labute approximate surface area is 87.6 Å². The van der Waals surface area contributed by atoms with Crippen LogP contribution in [0.25, 0.3) is 0 Å². The van der Waals surface area contributed by atoms with Gasteiger partial charge >= 0.3 is 0 Å². The van der Waals surface area contributed by atoms with Crippen molar-refractivity contribution in [3.8, 4) is 0 Å². The Morgan fingerprint density at radius 2 is 2.36 bits per heavy atom. The topological polar surface area (TPSA) is 29.4 Å². The van der Waals surface area contributed by atoms with Crippen LogP contribution in [0.5, 0.6) is 0 Å². The summed E-state index contributed by atoms with van der Waals surface area (Å²) in [6, 6.07) is 6.10. The summed E-state index contributed by atoms with van der Waals surface area (Å²) in [5.74, 6) is 0.396. The standard InChI is InChI=1S/C11H10ClNO/c1-7-4-8(2-3-10(7)12)9-5-11(9)13-6-14/h2-4,9,11H,5H2,1H3/t9-,11+/m1/s1. The Hall–Kier alpha value is -1.11. The van der Waals surface area contributed by atoms with Crippen LogP contribution in [-0.4, -0.2) is 12.1 Å². The Balaban J connectivity index is 2.19. The molecule has 0 aliphatic heterocycles. The largest absolute Gasteiger partial charge is 0.235 e. The lowest BCUT2D eigenvalue weighted by Crippen LogP contribution is -1.86. The van der Waals surface area contributed by atoms with Crippen LogP contribution >= 0.6 is 11.6 Å². The summed E-state index contributed by atoms with van der Waals surface area (Å²) in [5.41, 5.74) is 2.29. The number of aliphatic imine (C=N–C) groups is 1. The molecule has 0 amide bonds. The van der Waals surface area contributed by atoms with Crippen LogP contribution in [0.1, 0.15) is 23.5 Å². The average molecular weight is 208 g/mol. The van der Waals surface area contributed by atoms with Gasteiger partial charge in [-0.15, -0.1) is 0 Å². The highest BCUT2D eigenvalue weighted by Gasteiger charge is 2.38. The molecule has 3 heteroatoms. The maximum absolute atomic E-state index is 10.0. The quantitative estimate of drug-likeness (QED) is 0.542. The van der Waals surface area contributed by atoms with Gasteiger partial charge in [-0.2, -0.15) is 0 Å². The number of hydrogen-bond acceptors (Lipinski definition) is 2. The number of aryl methyl sites for hydroxylation is 1. The smallest absolute Gasteiger partial charge is 0.211 e. The number of carbonyl (C=O) groups excluding carboxylic acids is 1. The summed E-state index contributed by atoms with van der Waals surface area (Å²) >= 11 is 5.92. The fourth-order valence-corrected chi connectivity index (χ4v) is 1.77. The first-order valence-corrected chi connectivity index (χ1v) is 4.93. The SMILES string of the molecule is Cc1cc([C@H]2C[C@@H]2N=C=O)ccc1Cl. The minimum absolute atomic E-state index is 0.146. The van der Waals surface area contributed by atoms with Gasteiger partial charge in [-0.1, -0.05) is 23.7 Å². The van der Waals surface area contributed by atoms with Crippen LogP contribution in [0, 0.1) is 6.92 Å². The molecule has 2 nitrogen and oxygen atoms in total. The zero-order valence-corrected chi connectivity index (χ0v) is 8.58. The van der Waals surface area contributed by atoms with Gasteiger partial charge in [0.1, 0.15) is 0 Å². The molecule has 1 aliphatic rings. The van der Waals surface area contributed by atoms with E-state index < -0.39 is 0 Å². The Bertz CT molecular complexity index is 410. The second-order valence-corrected chi connectivity index (χ2v) is 4.05. The van der Waals surface area contributed by atoms with Crippen molar-refractivity contribution in [1.29, 1.82) is 0 Å². The van der Waals surface area contributed by atoms with Gasteiger partial charge in [0.05, 0.1) is 6.04 Å². The minimum Gasteiger partial charge on any atom is -0.211 e. The molecular weight excluding hydrogens is 198 g/mol. The Morgan fingerprint density at radius 1 is 1.57 bits per heavy atom. The third-order valence-electron chi connectivity index (χ3n) is 2.59. The van der Waals surface area contributed by atoms with Crippen LogP contribution in [0.3, 0.4) is 0 Å². The van der Waals surface area contributed by atoms with Crippen molar-refractivity contribution in [1.82, 2.24) is 0 Å². The van der Waals surface area contributed by atoms with Crippen molar-refractivity contribution in [2.45, 2.75) is 25.3 Å². The summed E-state index contributed by atoms with van der Waals surface area (Å²) in [4.78, 5) is 13.7. The molecule has 0 heterocycles. The van der Waals surface area contributed by atoms with E-state index >= 15 is 0 Å². The molecule has 0 N–H and O–H groups in total.